The van der Waals surface area contributed by atoms with Gasteiger partial charge in [-0.2, -0.15) is 10.1 Å². The highest BCUT2D eigenvalue weighted by atomic mass is 35.5. The van der Waals surface area contributed by atoms with E-state index in [2.05, 4.69) is 15.2 Å². The molecule has 0 spiro atoms. The zero-order chi connectivity index (χ0) is 9.26. The Morgan fingerprint density at radius 2 is 2.46 bits per heavy atom. The Balaban J connectivity index is 2.16. The third-order valence-corrected chi connectivity index (χ3v) is 2.17. The molecule has 1 aromatic heterocycles. The van der Waals surface area contributed by atoms with Crippen LogP contribution in [-0.2, 0) is 0 Å². The van der Waals surface area contributed by atoms with Crippen LogP contribution in [-0.4, -0.2) is 39.5 Å². The van der Waals surface area contributed by atoms with Gasteiger partial charge >= 0.3 is 0 Å². The lowest BCUT2D eigenvalue weighted by atomic mass is 10.3. The van der Waals surface area contributed by atoms with Crippen molar-refractivity contribution >= 4 is 17.4 Å². The van der Waals surface area contributed by atoms with Crippen LogP contribution in [0.25, 0.3) is 0 Å². The smallest absolute Gasteiger partial charge is 0.244 e. The molecule has 1 N–H and O–H groups in total. The van der Waals surface area contributed by atoms with Crippen LogP contribution in [0.15, 0.2) is 6.20 Å². The van der Waals surface area contributed by atoms with Gasteiger partial charge in [-0.1, -0.05) is 0 Å². The molecule has 0 bridgehead atoms. The van der Waals surface area contributed by atoms with Crippen LogP contribution in [0, 0.1) is 0 Å². The molecule has 1 fully saturated rings. The third-order valence-electron chi connectivity index (χ3n) is 2.01. The molecule has 1 aliphatic rings. The maximum Gasteiger partial charge on any atom is 0.244 e. The van der Waals surface area contributed by atoms with Gasteiger partial charge in [0, 0.05) is 13.1 Å². The fourth-order valence-corrected chi connectivity index (χ4v) is 1.51. The van der Waals surface area contributed by atoms with Gasteiger partial charge in [-0.15, -0.1) is 5.10 Å². The zero-order valence-corrected chi connectivity index (χ0v) is 7.65. The molecular weight excluding hydrogens is 192 g/mol. The van der Waals surface area contributed by atoms with Crippen LogP contribution in [0.5, 0.6) is 0 Å². The Morgan fingerprint density at radius 3 is 3.08 bits per heavy atom. The van der Waals surface area contributed by atoms with Gasteiger partial charge in [0.05, 0.1) is 12.3 Å². The number of aromatic nitrogens is 3. The first-order valence-electron chi connectivity index (χ1n) is 4.04. The first kappa shape index (κ1) is 8.65. The van der Waals surface area contributed by atoms with Crippen LogP contribution in [0.4, 0.5) is 5.82 Å². The largest absolute Gasteiger partial charge is 0.391 e. The summed E-state index contributed by atoms with van der Waals surface area (Å²) in [5.74, 6) is 0.677. The number of nitrogens with zero attached hydrogens (tertiary/aromatic N) is 4. The average molecular weight is 201 g/mol. The SMILES string of the molecule is OC1CCN(c2cnnc(Cl)n2)C1. The molecule has 0 amide bonds. The maximum absolute atomic E-state index is 9.29. The molecule has 1 aromatic rings. The van der Waals surface area contributed by atoms with Gasteiger partial charge < -0.3 is 10.0 Å². The van der Waals surface area contributed by atoms with E-state index in [0.717, 1.165) is 13.0 Å². The molecule has 1 unspecified atom stereocenters. The van der Waals surface area contributed by atoms with Crippen LogP contribution >= 0.6 is 11.6 Å². The van der Waals surface area contributed by atoms with Gasteiger partial charge in [-0.05, 0) is 18.0 Å². The summed E-state index contributed by atoms with van der Waals surface area (Å²) < 4.78 is 0. The summed E-state index contributed by atoms with van der Waals surface area (Å²) in [6, 6.07) is 0. The third kappa shape index (κ3) is 1.87. The van der Waals surface area contributed by atoms with E-state index in [1.807, 2.05) is 4.90 Å². The lowest BCUT2D eigenvalue weighted by Crippen LogP contribution is -2.22. The molecule has 0 aromatic carbocycles. The topological polar surface area (TPSA) is 62.1 Å². The molecule has 13 heavy (non-hydrogen) atoms. The summed E-state index contributed by atoms with van der Waals surface area (Å²) in [6.07, 6.45) is 2.04. The van der Waals surface area contributed by atoms with Crippen LogP contribution in [0.3, 0.4) is 0 Å². The summed E-state index contributed by atoms with van der Waals surface area (Å²) >= 11 is 5.59. The fraction of sp³-hybridized carbons (Fsp3) is 0.571. The van der Waals surface area contributed by atoms with E-state index >= 15 is 0 Å². The van der Waals surface area contributed by atoms with E-state index in [1.165, 1.54) is 0 Å². The Morgan fingerprint density at radius 1 is 1.62 bits per heavy atom. The predicted octanol–water partition coefficient (Wildman–Crippen LogP) is 0.0960. The highest BCUT2D eigenvalue weighted by Crippen LogP contribution is 2.17. The average Bonchev–Trinajstić information content (AvgIpc) is 2.52. The number of β-amino-alcohol motifs (C(OH)–C–C–N with tert-alkyl or cyclic N) is 1. The highest BCUT2D eigenvalue weighted by Gasteiger charge is 2.21. The van der Waals surface area contributed by atoms with Crippen LogP contribution < -0.4 is 4.90 Å². The van der Waals surface area contributed by atoms with E-state index < -0.39 is 0 Å². The van der Waals surface area contributed by atoms with Crippen LogP contribution in [0.1, 0.15) is 6.42 Å². The molecule has 0 aliphatic carbocycles. The highest BCUT2D eigenvalue weighted by molar-refractivity contribution is 6.28. The van der Waals surface area contributed by atoms with Gasteiger partial charge in [0.1, 0.15) is 0 Å². The molecule has 1 atom stereocenters. The van der Waals surface area contributed by atoms with E-state index in [9.17, 15) is 5.11 Å². The minimum atomic E-state index is -0.270. The lowest BCUT2D eigenvalue weighted by molar-refractivity contribution is 0.198. The number of halogens is 1. The monoisotopic (exact) mass is 200 g/mol. The first-order chi connectivity index (χ1) is 6.25. The number of hydrogen-bond donors (Lipinski definition) is 1. The van der Waals surface area contributed by atoms with Crippen LogP contribution in [0.2, 0.25) is 5.28 Å². The van der Waals surface area contributed by atoms with Crippen molar-refractivity contribution in [3.8, 4) is 0 Å². The van der Waals surface area contributed by atoms with Crippen molar-refractivity contribution in [1.82, 2.24) is 15.2 Å². The van der Waals surface area contributed by atoms with Crippen molar-refractivity contribution in [2.75, 3.05) is 18.0 Å². The molecule has 5 nitrogen and oxygen atoms in total. The molecule has 6 heteroatoms. The Hall–Kier alpha value is -0.940. The van der Waals surface area contributed by atoms with Gasteiger partial charge in [0.2, 0.25) is 5.28 Å². The number of rotatable bonds is 1. The van der Waals surface area contributed by atoms with Crippen molar-refractivity contribution in [2.24, 2.45) is 0 Å². The molecule has 2 rings (SSSR count). The summed E-state index contributed by atoms with van der Waals surface area (Å²) in [6.45, 7) is 1.38. The van der Waals surface area contributed by atoms with Crippen molar-refractivity contribution in [3.63, 3.8) is 0 Å². The molecule has 0 radical (unpaired) electrons. The standard InChI is InChI=1S/C7H9ClN4O/c8-7-10-6(3-9-11-7)12-2-1-5(13)4-12/h3,5,13H,1-2,4H2. The van der Waals surface area contributed by atoms with E-state index in [1.54, 1.807) is 6.20 Å². The lowest BCUT2D eigenvalue weighted by Gasteiger charge is -2.14. The second kappa shape index (κ2) is 3.43. The summed E-state index contributed by atoms with van der Waals surface area (Å²) in [7, 11) is 0. The molecular formula is C7H9ClN4O. The number of anilines is 1. The van der Waals surface area contributed by atoms with E-state index in [-0.39, 0.29) is 11.4 Å². The molecule has 1 aliphatic heterocycles. The molecule has 2 heterocycles. The zero-order valence-electron chi connectivity index (χ0n) is 6.89. The molecule has 1 saturated heterocycles. The summed E-state index contributed by atoms with van der Waals surface area (Å²) in [5, 5.41) is 16.7. The van der Waals surface area contributed by atoms with Crippen molar-refractivity contribution in [3.05, 3.63) is 11.5 Å². The molecule has 0 saturated carbocycles. The minimum absolute atomic E-state index is 0.138. The number of aliphatic hydroxyl groups is 1. The van der Waals surface area contributed by atoms with Gasteiger partial charge in [0.15, 0.2) is 5.82 Å². The quantitative estimate of drug-likeness (QED) is 0.697. The Kier molecular flexibility index (Phi) is 2.28. The van der Waals surface area contributed by atoms with E-state index in [0.29, 0.717) is 12.4 Å². The first-order valence-corrected chi connectivity index (χ1v) is 4.42. The van der Waals surface area contributed by atoms with Gasteiger partial charge in [-0.3, -0.25) is 0 Å². The summed E-state index contributed by atoms with van der Waals surface area (Å²) in [5.41, 5.74) is 0. The second-order valence-corrected chi connectivity index (χ2v) is 3.31. The van der Waals surface area contributed by atoms with Crippen molar-refractivity contribution in [2.45, 2.75) is 12.5 Å². The van der Waals surface area contributed by atoms with Gasteiger partial charge in [0.25, 0.3) is 0 Å². The maximum atomic E-state index is 9.29. The predicted molar refractivity (Wildman–Crippen MR) is 47.7 cm³/mol. The van der Waals surface area contributed by atoms with Crippen molar-refractivity contribution in [1.29, 1.82) is 0 Å². The van der Waals surface area contributed by atoms with Gasteiger partial charge in [-0.25, -0.2) is 0 Å². The minimum Gasteiger partial charge on any atom is -0.391 e. The van der Waals surface area contributed by atoms with E-state index in [4.69, 9.17) is 11.6 Å². The Bertz CT molecular complexity index is 308. The fourth-order valence-electron chi connectivity index (χ4n) is 1.38. The van der Waals surface area contributed by atoms with Crippen molar-refractivity contribution < 1.29 is 5.11 Å². The molecule has 70 valence electrons. The number of hydrogen-bond acceptors (Lipinski definition) is 5. The normalized spacial score (nSPS) is 22.3. The second-order valence-electron chi connectivity index (χ2n) is 2.97. The summed E-state index contributed by atoms with van der Waals surface area (Å²) in [4.78, 5) is 5.93. The number of aliphatic hydroxyl groups excluding tert-OH is 1. The Labute approximate surface area is 80.4 Å².